The Morgan fingerprint density at radius 2 is 1.79 bits per heavy atom. The van der Waals surface area contributed by atoms with E-state index in [1.165, 1.54) is 0 Å². The standard InChI is InChI=1S/C12H23NO6/c1-5(2)6(3)11(17)13-8-10(16)9(15)7(4-14)19-12(8)18/h5-10,12,14-16,18H,4H2,1-3H3,(H,13,17)/t6?,7?,8?,9-,10+,12-/m1/s1. The summed E-state index contributed by atoms with van der Waals surface area (Å²) in [7, 11) is 0. The largest absolute Gasteiger partial charge is 0.394 e. The molecule has 0 spiro atoms. The summed E-state index contributed by atoms with van der Waals surface area (Å²) in [6, 6.07) is -1.12. The maximum absolute atomic E-state index is 11.9. The van der Waals surface area contributed by atoms with E-state index in [0.717, 1.165) is 0 Å². The van der Waals surface area contributed by atoms with Gasteiger partial charge in [0.05, 0.1) is 6.61 Å². The normalized spacial score (nSPS) is 37.2. The summed E-state index contributed by atoms with van der Waals surface area (Å²) >= 11 is 0. The van der Waals surface area contributed by atoms with Crippen molar-refractivity contribution in [2.75, 3.05) is 6.61 Å². The van der Waals surface area contributed by atoms with Gasteiger partial charge in [0.2, 0.25) is 5.91 Å². The van der Waals surface area contributed by atoms with E-state index < -0.39 is 37.3 Å². The van der Waals surface area contributed by atoms with E-state index in [1.54, 1.807) is 6.92 Å². The highest BCUT2D eigenvalue weighted by Gasteiger charge is 2.44. The fourth-order valence-electron chi connectivity index (χ4n) is 1.85. The first kappa shape index (κ1) is 16.3. The van der Waals surface area contributed by atoms with Crippen LogP contribution >= 0.6 is 0 Å². The molecule has 1 fully saturated rings. The molecule has 112 valence electrons. The van der Waals surface area contributed by atoms with E-state index in [4.69, 9.17) is 9.84 Å². The predicted octanol–water partition coefficient (Wildman–Crippen LogP) is -1.81. The van der Waals surface area contributed by atoms with E-state index in [0.29, 0.717) is 0 Å². The van der Waals surface area contributed by atoms with E-state index in [1.807, 2.05) is 13.8 Å². The highest BCUT2D eigenvalue weighted by molar-refractivity contribution is 5.78. The monoisotopic (exact) mass is 277 g/mol. The van der Waals surface area contributed by atoms with Crippen LogP contribution < -0.4 is 5.32 Å². The molecule has 7 nitrogen and oxygen atoms in total. The number of aliphatic hydroxyl groups excluding tert-OH is 4. The quantitative estimate of drug-likeness (QED) is 0.413. The van der Waals surface area contributed by atoms with Gasteiger partial charge >= 0.3 is 0 Å². The zero-order chi connectivity index (χ0) is 14.7. The van der Waals surface area contributed by atoms with Gasteiger partial charge in [0, 0.05) is 5.92 Å². The zero-order valence-electron chi connectivity index (χ0n) is 11.4. The van der Waals surface area contributed by atoms with Gasteiger partial charge < -0.3 is 30.5 Å². The highest BCUT2D eigenvalue weighted by Crippen LogP contribution is 2.20. The molecule has 1 aliphatic rings. The van der Waals surface area contributed by atoms with Crippen LogP contribution in [0.15, 0.2) is 0 Å². The number of rotatable bonds is 4. The highest BCUT2D eigenvalue weighted by atomic mass is 16.6. The molecular weight excluding hydrogens is 254 g/mol. The van der Waals surface area contributed by atoms with Crippen LogP contribution in [-0.2, 0) is 9.53 Å². The average Bonchev–Trinajstić information content (AvgIpc) is 2.37. The lowest BCUT2D eigenvalue weighted by Gasteiger charge is -2.40. The van der Waals surface area contributed by atoms with Crippen LogP contribution in [0.1, 0.15) is 20.8 Å². The Morgan fingerprint density at radius 1 is 1.21 bits per heavy atom. The lowest BCUT2D eigenvalue weighted by molar-refractivity contribution is -0.254. The van der Waals surface area contributed by atoms with Crippen molar-refractivity contribution in [3.05, 3.63) is 0 Å². The van der Waals surface area contributed by atoms with Gasteiger partial charge in [0.1, 0.15) is 24.4 Å². The van der Waals surface area contributed by atoms with E-state index in [2.05, 4.69) is 5.32 Å². The third kappa shape index (κ3) is 3.64. The summed E-state index contributed by atoms with van der Waals surface area (Å²) < 4.78 is 4.95. The molecule has 1 saturated heterocycles. The summed E-state index contributed by atoms with van der Waals surface area (Å²) in [5.74, 6) is -0.530. The first-order valence-electron chi connectivity index (χ1n) is 6.40. The molecule has 0 aromatic carbocycles. The van der Waals surface area contributed by atoms with Crippen molar-refractivity contribution < 1.29 is 30.0 Å². The van der Waals surface area contributed by atoms with Crippen molar-refractivity contribution in [3.63, 3.8) is 0 Å². The first-order valence-corrected chi connectivity index (χ1v) is 6.40. The molecule has 0 radical (unpaired) electrons. The van der Waals surface area contributed by atoms with Crippen LogP contribution in [0.3, 0.4) is 0 Å². The van der Waals surface area contributed by atoms with Gasteiger partial charge in [-0.2, -0.15) is 0 Å². The number of carbonyl (C=O) groups is 1. The van der Waals surface area contributed by atoms with Crippen molar-refractivity contribution in [1.29, 1.82) is 0 Å². The van der Waals surface area contributed by atoms with E-state index in [9.17, 15) is 20.1 Å². The minimum atomic E-state index is -1.47. The first-order chi connectivity index (χ1) is 8.79. The summed E-state index contributed by atoms with van der Waals surface area (Å²) in [5, 5.41) is 40.7. The molecule has 0 bridgehead atoms. The number of nitrogens with one attached hydrogen (secondary N) is 1. The van der Waals surface area contributed by atoms with Gasteiger partial charge in [-0.3, -0.25) is 4.79 Å². The maximum atomic E-state index is 11.9. The van der Waals surface area contributed by atoms with Crippen LogP contribution in [0, 0.1) is 11.8 Å². The van der Waals surface area contributed by atoms with Crippen molar-refractivity contribution in [3.8, 4) is 0 Å². The number of hydrogen-bond donors (Lipinski definition) is 5. The summed E-state index contributed by atoms with van der Waals surface area (Å²) in [6.07, 6.45) is -5.31. The minimum Gasteiger partial charge on any atom is -0.394 e. The second kappa shape index (κ2) is 6.62. The fraction of sp³-hybridized carbons (Fsp3) is 0.917. The van der Waals surface area contributed by atoms with E-state index >= 15 is 0 Å². The Labute approximate surface area is 112 Å². The van der Waals surface area contributed by atoms with Gasteiger partial charge in [0.15, 0.2) is 6.29 Å². The molecule has 1 aliphatic heterocycles. The molecular formula is C12H23NO6. The number of ether oxygens (including phenoxy) is 1. The number of carbonyl (C=O) groups excluding carboxylic acids is 1. The fourth-order valence-corrected chi connectivity index (χ4v) is 1.85. The van der Waals surface area contributed by atoms with Gasteiger partial charge in [-0.1, -0.05) is 20.8 Å². The minimum absolute atomic E-state index is 0.105. The molecule has 1 amide bonds. The molecule has 6 atom stereocenters. The second-order valence-electron chi connectivity index (χ2n) is 5.30. The summed E-state index contributed by atoms with van der Waals surface area (Å²) in [5.41, 5.74) is 0. The van der Waals surface area contributed by atoms with Gasteiger partial charge in [-0.25, -0.2) is 0 Å². The Hall–Kier alpha value is -0.730. The second-order valence-corrected chi connectivity index (χ2v) is 5.30. The van der Waals surface area contributed by atoms with Crippen LogP contribution in [0.2, 0.25) is 0 Å². The molecule has 0 aliphatic carbocycles. The average molecular weight is 277 g/mol. The number of aliphatic hydroxyl groups is 4. The van der Waals surface area contributed by atoms with Crippen LogP contribution in [0.4, 0.5) is 0 Å². The lowest BCUT2D eigenvalue weighted by Crippen LogP contribution is -2.64. The third-order valence-corrected chi connectivity index (χ3v) is 3.62. The maximum Gasteiger partial charge on any atom is 0.223 e. The molecule has 0 aromatic heterocycles. The SMILES string of the molecule is CC(C)C(C)C(=O)NC1[C@H](O)OC(CO)[C@@H](O)[C@H]1O. The third-order valence-electron chi connectivity index (χ3n) is 3.62. The molecule has 7 heteroatoms. The molecule has 0 aromatic rings. The van der Waals surface area contributed by atoms with Crippen molar-refractivity contribution in [2.45, 2.75) is 51.4 Å². The lowest BCUT2D eigenvalue weighted by atomic mass is 9.94. The topological polar surface area (TPSA) is 119 Å². The van der Waals surface area contributed by atoms with Crippen LogP contribution in [-0.4, -0.2) is 63.6 Å². The van der Waals surface area contributed by atoms with Crippen molar-refractivity contribution >= 4 is 5.91 Å². The summed E-state index contributed by atoms with van der Waals surface area (Å²) in [4.78, 5) is 11.9. The molecule has 19 heavy (non-hydrogen) atoms. The zero-order valence-corrected chi connectivity index (χ0v) is 11.4. The van der Waals surface area contributed by atoms with Gasteiger partial charge in [0.25, 0.3) is 0 Å². The van der Waals surface area contributed by atoms with Crippen LogP contribution in [0.25, 0.3) is 0 Å². The molecule has 0 saturated carbocycles. The smallest absolute Gasteiger partial charge is 0.223 e. The summed E-state index contributed by atoms with van der Waals surface area (Å²) in [6.45, 7) is 4.96. The van der Waals surface area contributed by atoms with Crippen molar-refractivity contribution in [1.82, 2.24) is 5.32 Å². The Balaban J connectivity index is 2.70. The molecule has 5 N–H and O–H groups in total. The Kier molecular flexibility index (Phi) is 5.69. The van der Waals surface area contributed by atoms with Gasteiger partial charge in [-0.05, 0) is 5.92 Å². The predicted molar refractivity (Wildman–Crippen MR) is 65.9 cm³/mol. The Morgan fingerprint density at radius 3 is 2.26 bits per heavy atom. The molecule has 1 heterocycles. The van der Waals surface area contributed by atoms with Gasteiger partial charge in [-0.15, -0.1) is 0 Å². The Bertz CT molecular complexity index is 311. The molecule has 1 rings (SSSR count). The van der Waals surface area contributed by atoms with E-state index in [-0.39, 0.29) is 17.7 Å². The number of hydrogen-bond acceptors (Lipinski definition) is 6. The molecule has 3 unspecified atom stereocenters. The van der Waals surface area contributed by atoms with Crippen LogP contribution in [0.5, 0.6) is 0 Å². The number of amides is 1. The van der Waals surface area contributed by atoms with Crippen molar-refractivity contribution in [2.24, 2.45) is 11.8 Å².